The first kappa shape index (κ1) is 13.0. The highest BCUT2D eigenvalue weighted by atomic mass is 35.5. The molecule has 0 fully saturated rings. The van der Waals surface area contributed by atoms with E-state index in [1.54, 1.807) is 0 Å². The van der Waals surface area contributed by atoms with Gasteiger partial charge in [0.15, 0.2) is 0 Å². The van der Waals surface area contributed by atoms with Gasteiger partial charge in [0.1, 0.15) is 10.8 Å². The number of carboxylic acid groups (broad SMARTS) is 1. The lowest BCUT2D eigenvalue weighted by molar-refractivity contribution is 0.0690. The number of halogens is 1. The van der Waals surface area contributed by atoms with Crippen molar-refractivity contribution < 1.29 is 14.7 Å². The second-order valence-corrected chi connectivity index (χ2v) is 3.95. The third-order valence-electron chi connectivity index (χ3n) is 2.23. The topological polar surface area (TPSA) is 92.2 Å². The zero-order valence-corrected chi connectivity index (χ0v) is 10.3. The smallest absolute Gasteiger partial charge is 0.354 e. The molecule has 0 aromatic carbocycles. The number of pyridine rings is 2. The van der Waals surface area contributed by atoms with Gasteiger partial charge in [-0.05, 0) is 24.3 Å². The highest BCUT2D eigenvalue weighted by molar-refractivity contribution is 6.29. The van der Waals surface area contributed by atoms with Crippen LogP contribution < -0.4 is 5.32 Å². The van der Waals surface area contributed by atoms with Gasteiger partial charge < -0.3 is 10.4 Å². The predicted molar refractivity (Wildman–Crippen MR) is 68.4 cm³/mol. The number of amides is 1. The van der Waals surface area contributed by atoms with Crippen LogP contribution in [0, 0.1) is 0 Å². The van der Waals surface area contributed by atoms with E-state index in [9.17, 15) is 9.59 Å². The second kappa shape index (κ2) is 5.45. The Labute approximate surface area is 113 Å². The van der Waals surface area contributed by atoms with Crippen molar-refractivity contribution in [1.29, 1.82) is 0 Å². The molecule has 2 rings (SSSR count). The van der Waals surface area contributed by atoms with E-state index in [1.807, 2.05) is 0 Å². The van der Waals surface area contributed by atoms with Crippen LogP contribution in [0.2, 0.25) is 5.15 Å². The Bertz CT molecular complexity index is 611. The maximum Gasteiger partial charge on any atom is 0.354 e. The largest absolute Gasteiger partial charge is 0.477 e. The van der Waals surface area contributed by atoms with Crippen LogP contribution in [0.4, 0.5) is 5.69 Å². The molecule has 0 spiro atoms. The van der Waals surface area contributed by atoms with Crippen molar-refractivity contribution in [2.24, 2.45) is 0 Å². The molecule has 0 unspecified atom stereocenters. The molecule has 0 atom stereocenters. The maximum absolute atomic E-state index is 11.8. The Morgan fingerprint density at radius 2 is 1.89 bits per heavy atom. The molecule has 0 saturated carbocycles. The molecule has 2 heterocycles. The summed E-state index contributed by atoms with van der Waals surface area (Å²) in [7, 11) is 0. The number of nitrogens with zero attached hydrogens (tertiary/aromatic N) is 2. The number of hydrogen-bond acceptors (Lipinski definition) is 4. The maximum atomic E-state index is 11.8. The molecule has 0 saturated heterocycles. The third kappa shape index (κ3) is 3.26. The highest BCUT2D eigenvalue weighted by Crippen LogP contribution is 2.10. The summed E-state index contributed by atoms with van der Waals surface area (Å²) in [5.74, 6) is -1.51. The number of rotatable bonds is 3. The molecule has 0 bridgehead atoms. The van der Waals surface area contributed by atoms with Crippen molar-refractivity contribution in [3.63, 3.8) is 0 Å². The van der Waals surface area contributed by atoms with Crippen molar-refractivity contribution in [1.82, 2.24) is 9.97 Å². The number of carbonyl (C=O) groups excluding carboxylic acids is 1. The zero-order chi connectivity index (χ0) is 13.8. The van der Waals surface area contributed by atoms with Crippen LogP contribution in [0.25, 0.3) is 0 Å². The van der Waals surface area contributed by atoms with Gasteiger partial charge in [-0.15, -0.1) is 0 Å². The summed E-state index contributed by atoms with van der Waals surface area (Å²) >= 11 is 5.62. The average Bonchev–Trinajstić information content (AvgIpc) is 2.40. The molecule has 0 aliphatic rings. The molecular formula is C12H8ClN3O3. The van der Waals surface area contributed by atoms with E-state index in [4.69, 9.17) is 16.7 Å². The van der Waals surface area contributed by atoms with Crippen LogP contribution in [-0.4, -0.2) is 27.0 Å². The van der Waals surface area contributed by atoms with Crippen molar-refractivity contribution in [2.75, 3.05) is 5.32 Å². The molecule has 2 aromatic heterocycles. The second-order valence-electron chi connectivity index (χ2n) is 3.56. The normalized spacial score (nSPS) is 9.95. The Morgan fingerprint density at radius 3 is 2.42 bits per heavy atom. The standard InChI is InChI=1S/C12H8ClN3O3/c13-10-4-1-7(5-15-10)11(17)16-8-2-3-9(12(18)19)14-6-8/h1-6H,(H,16,17)(H,18,19). The Hall–Kier alpha value is -2.47. The summed E-state index contributed by atoms with van der Waals surface area (Å²) < 4.78 is 0. The fourth-order valence-corrected chi connectivity index (χ4v) is 1.42. The molecule has 0 radical (unpaired) electrons. The minimum atomic E-state index is -1.13. The summed E-state index contributed by atoms with van der Waals surface area (Å²) in [6.45, 7) is 0. The van der Waals surface area contributed by atoms with Gasteiger partial charge in [-0.1, -0.05) is 11.6 Å². The minimum Gasteiger partial charge on any atom is -0.477 e. The number of aromatic nitrogens is 2. The van der Waals surface area contributed by atoms with Gasteiger partial charge in [-0.3, -0.25) is 4.79 Å². The van der Waals surface area contributed by atoms with Gasteiger partial charge in [0.25, 0.3) is 5.91 Å². The fourth-order valence-electron chi connectivity index (χ4n) is 1.31. The van der Waals surface area contributed by atoms with Crippen LogP contribution in [0.3, 0.4) is 0 Å². The SMILES string of the molecule is O=C(Nc1ccc(C(=O)O)nc1)c1ccc(Cl)nc1. The summed E-state index contributed by atoms with van der Waals surface area (Å²) in [5, 5.41) is 11.6. The lowest BCUT2D eigenvalue weighted by Gasteiger charge is -2.04. The van der Waals surface area contributed by atoms with Gasteiger partial charge in [-0.2, -0.15) is 0 Å². The first-order valence-electron chi connectivity index (χ1n) is 5.18. The van der Waals surface area contributed by atoms with E-state index in [-0.39, 0.29) is 11.6 Å². The van der Waals surface area contributed by atoms with Crippen molar-refractivity contribution in [2.45, 2.75) is 0 Å². The number of anilines is 1. The van der Waals surface area contributed by atoms with Crippen LogP contribution in [0.5, 0.6) is 0 Å². The fraction of sp³-hybridized carbons (Fsp3) is 0. The average molecular weight is 278 g/mol. The lowest BCUT2D eigenvalue weighted by Crippen LogP contribution is -2.12. The van der Waals surface area contributed by atoms with E-state index in [1.165, 1.54) is 36.7 Å². The lowest BCUT2D eigenvalue weighted by atomic mass is 10.2. The summed E-state index contributed by atoms with van der Waals surface area (Å²) in [5.41, 5.74) is 0.641. The monoisotopic (exact) mass is 277 g/mol. The van der Waals surface area contributed by atoms with Crippen LogP contribution in [-0.2, 0) is 0 Å². The third-order valence-corrected chi connectivity index (χ3v) is 2.45. The molecule has 0 aliphatic heterocycles. The van der Waals surface area contributed by atoms with Gasteiger partial charge in [0, 0.05) is 6.20 Å². The quantitative estimate of drug-likeness (QED) is 0.838. The van der Waals surface area contributed by atoms with E-state index in [0.29, 0.717) is 16.4 Å². The van der Waals surface area contributed by atoms with Crippen LogP contribution in [0.1, 0.15) is 20.8 Å². The van der Waals surface area contributed by atoms with Gasteiger partial charge in [0.2, 0.25) is 0 Å². The summed E-state index contributed by atoms with van der Waals surface area (Å²) in [4.78, 5) is 29.9. The number of aromatic carboxylic acids is 1. The number of nitrogens with one attached hydrogen (secondary N) is 1. The zero-order valence-electron chi connectivity index (χ0n) is 9.50. The van der Waals surface area contributed by atoms with E-state index >= 15 is 0 Å². The molecule has 6 nitrogen and oxygen atoms in total. The van der Waals surface area contributed by atoms with E-state index < -0.39 is 5.97 Å². The number of hydrogen-bond donors (Lipinski definition) is 2. The van der Waals surface area contributed by atoms with Gasteiger partial charge >= 0.3 is 5.97 Å². The number of carboxylic acids is 1. The van der Waals surface area contributed by atoms with Crippen molar-refractivity contribution >= 4 is 29.2 Å². The molecule has 2 aromatic rings. The Morgan fingerprint density at radius 1 is 1.11 bits per heavy atom. The first-order chi connectivity index (χ1) is 9.06. The van der Waals surface area contributed by atoms with Crippen molar-refractivity contribution in [3.8, 4) is 0 Å². The molecule has 7 heteroatoms. The van der Waals surface area contributed by atoms with Crippen LogP contribution in [0.15, 0.2) is 36.7 Å². The van der Waals surface area contributed by atoms with E-state index in [0.717, 1.165) is 0 Å². The molecule has 96 valence electrons. The molecule has 1 amide bonds. The summed E-state index contributed by atoms with van der Waals surface area (Å²) in [6, 6.07) is 5.79. The van der Waals surface area contributed by atoms with Crippen molar-refractivity contribution in [3.05, 3.63) is 53.1 Å². The molecular weight excluding hydrogens is 270 g/mol. The molecule has 2 N–H and O–H groups in total. The molecule has 0 aliphatic carbocycles. The number of carbonyl (C=O) groups is 2. The predicted octanol–water partition coefficient (Wildman–Crippen LogP) is 2.08. The van der Waals surface area contributed by atoms with E-state index in [2.05, 4.69) is 15.3 Å². The summed E-state index contributed by atoms with van der Waals surface area (Å²) in [6.07, 6.45) is 2.61. The first-order valence-corrected chi connectivity index (χ1v) is 5.56. The van der Waals surface area contributed by atoms with Gasteiger partial charge in [-0.25, -0.2) is 14.8 Å². The Balaban J connectivity index is 2.10. The van der Waals surface area contributed by atoms with Crippen LogP contribution >= 0.6 is 11.6 Å². The molecule has 19 heavy (non-hydrogen) atoms. The van der Waals surface area contributed by atoms with Gasteiger partial charge in [0.05, 0.1) is 17.4 Å². The Kier molecular flexibility index (Phi) is 3.72. The minimum absolute atomic E-state index is 0.0915. The highest BCUT2D eigenvalue weighted by Gasteiger charge is 2.08.